The van der Waals surface area contributed by atoms with E-state index in [9.17, 15) is 9.59 Å². The van der Waals surface area contributed by atoms with Crippen molar-refractivity contribution in [3.63, 3.8) is 0 Å². The molecule has 0 radical (unpaired) electrons. The molecule has 9 nitrogen and oxygen atoms in total. The summed E-state index contributed by atoms with van der Waals surface area (Å²) in [5.41, 5.74) is 5.90. The van der Waals surface area contributed by atoms with E-state index in [1.165, 1.54) is 7.11 Å². The zero-order valence-electron chi connectivity index (χ0n) is 18.0. The van der Waals surface area contributed by atoms with Gasteiger partial charge in [-0.05, 0) is 38.5 Å². The predicted octanol–water partition coefficient (Wildman–Crippen LogP) is 2.32. The van der Waals surface area contributed by atoms with Crippen molar-refractivity contribution in [3.05, 3.63) is 23.8 Å². The smallest absolute Gasteiger partial charge is 0.414 e. The maximum absolute atomic E-state index is 12.8. The number of ether oxygens (including phenoxy) is 3. The number of nitrogens with one attached hydrogen (secondary N) is 1. The SMILES string of the molecule is COC(=O)N1c2ccc(C3CNN(C4COC4)C3)cc2N(C(=O)OC(C)C)C[C@@H]1C. The van der Waals surface area contributed by atoms with Gasteiger partial charge in [0.2, 0.25) is 0 Å². The number of amides is 2. The molecule has 4 rings (SSSR count). The van der Waals surface area contributed by atoms with Crippen LogP contribution in [0.15, 0.2) is 18.2 Å². The Hall–Kier alpha value is -2.36. The van der Waals surface area contributed by atoms with Gasteiger partial charge in [-0.1, -0.05) is 6.07 Å². The lowest BCUT2D eigenvalue weighted by atomic mass is 9.96. The van der Waals surface area contributed by atoms with Crippen LogP contribution in [0.25, 0.3) is 0 Å². The van der Waals surface area contributed by atoms with Gasteiger partial charge in [-0.15, -0.1) is 0 Å². The third kappa shape index (κ3) is 3.84. The van der Waals surface area contributed by atoms with Crippen molar-refractivity contribution in [1.29, 1.82) is 0 Å². The summed E-state index contributed by atoms with van der Waals surface area (Å²) >= 11 is 0. The Balaban J connectivity index is 1.65. The van der Waals surface area contributed by atoms with E-state index in [2.05, 4.69) is 10.4 Å². The third-order valence-corrected chi connectivity index (χ3v) is 5.86. The van der Waals surface area contributed by atoms with E-state index in [0.717, 1.165) is 31.9 Å². The van der Waals surface area contributed by atoms with Crippen LogP contribution in [0, 0.1) is 0 Å². The summed E-state index contributed by atoms with van der Waals surface area (Å²) in [7, 11) is 1.37. The van der Waals surface area contributed by atoms with Gasteiger partial charge < -0.3 is 14.2 Å². The molecular formula is C21H30N4O5. The number of fused-ring (bicyclic) bond motifs is 1. The number of methoxy groups -OCH3 is 1. The molecule has 1 aromatic rings. The highest BCUT2D eigenvalue weighted by Gasteiger charge is 2.38. The van der Waals surface area contributed by atoms with Crippen molar-refractivity contribution in [2.75, 3.05) is 49.8 Å². The minimum absolute atomic E-state index is 0.227. The Morgan fingerprint density at radius 3 is 2.57 bits per heavy atom. The van der Waals surface area contributed by atoms with Crippen molar-refractivity contribution in [2.24, 2.45) is 0 Å². The Morgan fingerprint density at radius 2 is 1.93 bits per heavy atom. The van der Waals surface area contributed by atoms with E-state index in [-0.39, 0.29) is 18.1 Å². The number of rotatable bonds is 3. The van der Waals surface area contributed by atoms with E-state index in [1.807, 2.05) is 39.0 Å². The lowest BCUT2D eigenvalue weighted by Crippen LogP contribution is -2.52. The maximum atomic E-state index is 12.8. The molecule has 3 aliphatic heterocycles. The molecule has 164 valence electrons. The van der Waals surface area contributed by atoms with E-state index in [4.69, 9.17) is 14.2 Å². The minimum Gasteiger partial charge on any atom is -0.452 e. The molecule has 2 amide bonds. The van der Waals surface area contributed by atoms with E-state index >= 15 is 0 Å². The van der Waals surface area contributed by atoms with Crippen LogP contribution in [0.4, 0.5) is 21.0 Å². The Morgan fingerprint density at radius 1 is 1.17 bits per heavy atom. The van der Waals surface area contributed by atoms with Crippen LogP contribution in [-0.2, 0) is 14.2 Å². The molecular weight excluding hydrogens is 388 g/mol. The molecule has 3 heterocycles. The van der Waals surface area contributed by atoms with Crippen molar-refractivity contribution < 1.29 is 23.8 Å². The number of hydrazine groups is 1. The van der Waals surface area contributed by atoms with E-state index < -0.39 is 12.2 Å². The molecule has 30 heavy (non-hydrogen) atoms. The van der Waals surface area contributed by atoms with Crippen LogP contribution in [0.2, 0.25) is 0 Å². The molecule has 0 aromatic heterocycles. The number of anilines is 2. The lowest BCUT2D eigenvalue weighted by Gasteiger charge is -2.40. The highest BCUT2D eigenvalue weighted by atomic mass is 16.6. The van der Waals surface area contributed by atoms with Crippen LogP contribution in [-0.4, -0.2) is 75.3 Å². The fraction of sp³-hybridized carbons (Fsp3) is 0.619. The molecule has 9 heteroatoms. The van der Waals surface area contributed by atoms with Gasteiger partial charge in [-0.2, -0.15) is 0 Å². The van der Waals surface area contributed by atoms with Crippen LogP contribution in [0.1, 0.15) is 32.3 Å². The minimum atomic E-state index is -0.438. The summed E-state index contributed by atoms with van der Waals surface area (Å²) in [6.45, 7) is 9.09. The monoisotopic (exact) mass is 418 g/mol. The fourth-order valence-corrected chi connectivity index (χ4v) is 4.21. The predicted molar refractivity (Wildman–Crippen MR) is 112 cm³/mol. The summed E-state index contributed by atoms with van der Waals surface area (Å²) in [4.78, 5) is 28.5. The van der Waals surface area contributed by atoms with E-state index in [1.54, 1.807) is 9.80 Å². The first-order valence-electron chi connectivity index (χ1n) is 10.5. The summed E-state index contributed by atoms with van der Waals surface area (Å²) < 4.78 is 15.8. The summed E-state index contributed by atoms with van der Waals surface area (Å²) in [5, 5.41) is 2.24. The van der Waals surface area contributed by atoms with Gasteiger partial charge in [0.25, 0.3) is 0 Å². The second kappa shape index (κ2) is 8.41. The highest BCUT2D eigenvalue weighted by Crippen LogP contribution is 2.39. The molecule has 0 aliphatic carbocycles. The average Bonchev–Trinajstić information content (AvgIpc) is 3.14. The molecule has 0 bridgehead atoms. The fourth-order valence-electron chi connectivity index (χ4n) is 4.21. The molecule has 2 atom stereocenters. The van der Waals surface area contributed by atoms with Gasteiger partial charge in [0.05, 0.1) is 56.4 Å². The summed E-state index contributed by atoms with van der Waals surface area (Å²) in [6, 6.07) is 6.12. The van der Waals surface area contributed by atoms with Gasteiger partial charge in [0, 0.05) is 19.0 Å². The highest BCUT2D eigenvalue weighted by molar-refractivity contribution is 6.00. The zero-order valence-corrected chi connectivity index (χ0v) is 18.0. The van der Waals surface area contributed by atoms with Gasteiger partial charge in [-0.25, -0.2) is 14.6 Å². The van der Waals surface area contributed by atoms with Crippen LogP contribution in [0.3, 0.4) is 0 Å². The molecule has 3 aliphatic rings. The number of carbonyl (C=O) groups excluding carboxylic acids is 2. The van der Waals surface area contributed by atoms with E-state index in [0.29, 0.717) is 24.0 Å². The number of nitrogens with zero attached hydrogens (tertiary/aromatic N) is 3. The van der Waals surface area contributed by atoms with Crippen LogP contribution in [0.5, 0.6) is 0 Å². The van der Waals surface area contributed by atoms with Crippen molar-refractivity contribution >= 4 is 23.6 Å². The quantitative estimate of drug-likeness (QED) is 0.806. The summed E-state index contributed by atoms with van der Waals surface area (Å²) in [5.74, 6) is 0.282. The second-order valence-electron chi connectivity index (χ2n) is 8.38. The van der Waals surface area contributed by atoms with Crippen LogP contribution < -0.4 is 15.2 Å². The first-order chi connectivity index (χ1) is 14.4. The standard InChI is InChI=1S/C21H30N4O5/c1-13(2)30-20(26)23-9-14(3)25(21(27)28-4)18-6-5-15(7-19(18)23)16-8-22-24(10-16)17-11-29-12-17/h5-7,13-14,16-17,22H,8-12H2,1-4H3/t14-,16?/m0/s1. The lowest BCUT2D eigenvalue weighted by molar-refractivity contribution is -0.0726. The summed E-state index contributed by atoms with van der Waals surface area (Å²) in [6.07, 6.45) is -1.07. The Bertz CT molecular complexity index is 813. The van der Waals surface area contributed by atoms with Crippen molar-refractivity contribution in [3.8, 4) is 0 Å². The van der Waals surface area contributed by atoms with Gasteiger partial charge in [-0.3, -0.25) is 15.2 Å². The normalized spacial score (nSPS) is 24.6. The molecule has 2 saturated heterocycles. The molecule has 1 N–H and O–H groups in total. The van der Waals surface area contributed by atoms with Gasteiger partial charge in [0.15, 0.2) is 0 Å². The first kappa shape index (κ1) is 20.9. The zero-order chi connectivity index (χ0) is 21.4. The third-order valence-electron chi connectivity index (χ3n) is 5.86. The first-order valence-corrected chi connectivity index (χ1v) is 10.5. The Kier molecular flexibility index (Phi) is 5.86. The number of carbonyl (C=O) groups is 2. The molecule has 2 fully saturated rings. The van der Waals surface area contributed by atoms with Crippen molar-refractivity contribution in [1.82, 2.24) is 10.4 Å². The van der Waals surface area contributed by atoms with Crippen LogP contribution >= 0.6 is 0 Å². The number of benzene rings is 1. The second-order valence-corrected chi connectivity index (χ2v) is 8.38. The maximum Gasteiger partial charge on any atom is 0.414 e. The molecule has 0 spiro atoms. The average molecular weight is 418 g/mol. The number of hydrogen-bond donors (Lipinski definition) is 1. The van der Waals surface area contributed by atoms with Crippen molar-refractivity contribution in [2.45, 2.75) is 44.9 Å². The van der Waals surface area contributed by atoms with Gasteiger partial charge >= 0.3 is 12.2 Å². The Labute approximate surface area is 176 Å². The molecule has 1 unspecified atom stereocenters. The van der Waals surface area contributed by atoms with Gasteiger partial charge in [0.1, 0.15) is 0 Å². The topological polar surface area (TPSA) is 83.6 Å². The number of hydrogen-bond acceptors (Lipinski definition) is 7. The molecule has 1 aromatic carbocycles. The molecule has 0 saturated carbocycles. The largest absolute Gasteiger partial charge is 0.452 e.